The van der Waals surface area contributed by atoms with Crippen molar-refractivity contribution >= 4 is 27.8 Å². The number of anilines is 1. The molecule has 0 radical (unpaired) electrons. The number of ether oxygens (including phenoxy) is 1. The zero-order chi connectivity index (χ0) is 17.2. The van der Waals surface area contributed by atoms with Crippen molar-refractivity contribution in [2.45, 2.75) is 14.4 Å². The van der Waals surface area contributed by atoms with E-state index >= 15 is 0 Å². The van der Waals surface area contributed by atoms with Crippen molar-refractivity contribution in [1.82, 2.24) is 0 Å². The maximum atomic E-state index is 10.2. The summed E-state index contributed by atoms with van der Waals surface area (Å²) >= 11 is 1.50. The Morgan fingerprint density at radius 3 is 2.81 bits per heavy atom. The Bertz CT molecular complexity index is 938. The number of hydrogen-bond donors (Lipinski definition) is 2. The highest BCUT2D eigenvalue weighted by molar-refractivity contribution is 7.13. The highest BCUT2D eigenvalue weighted by Gasteiger charge is 2.20. The zero-order valence-corrected chi connectivity index (χ0v) is 14.5. The molecule has 1 aromatic heterocycles. The average molecular weight is 369 g/mol. The number of para-hydroxylation sites is 1. The highest BCUT2D eigenvalue weighted by Crippen LogP contribution is 2.39. The van der Waals surface area contributed by atoms with E-state index in [0.29, 0.717) is 18.0 Å². The van der Waals surface area contributed by atoms with E-state index < -0.39 is 0 Å². The van der Waals surface area contributed by atoms with Crippen LogP contribution in [-0.2, 0) is 0 Å². The van der Waals surface area contributed by atoms with Gasteiger partial charge in [-0.15, -0.1) is 0 Å². The van der Waals surface area contributed by atoms with Gasteiger partial charge in [0.2, 0.25) is 0 Å². The van der Waals surface area contributed by atoms with Crippen molar-refractivity contribution in [2.24, 2.45) is 10.2 Å². The Balaban J connectivity index is 0.00000196. The number of azo groups is 1. The van der Waals surface area contributed by atoms with Crippen LogP contribution in [0.5, 0.6) is 11.5 Å². The molecule has 4 rings (SSSR count). The van der Waals surface area contributed by atoms with Gasteiger partial charge in [0.25, 0.3) is 0 Å². The van der Waals surface area contributed by atoms with Gasteiger partial charge in [-0.3, -0.25) is 0 Å². The van der Waals surface area contributed by atoms with Crippen LogP contribution >= 0.6 is 11.3 Å². The summed E-state index contributed by atoms with van der Waals surface area (Å²) in [4.78, 5) is 0. The van der Waals surface area contributed by atoms with Crippen LogP contribution in [0, 0.1) is 6.92 Å². The lowest BCUT2D eigenvalue weighted by Crippen LogP contribution is -2.31. The number of rotatable bonds is 3. The smallest absolute Gasteiger partial charge is 0.413 e. The number of aromatic nitrogens is 1. The van der Waals surface area contributed by atoms with Crippen LogP contribution in [0.25, 0.3) is 5.69 Å². The topological polar surface area (TPSA) is 70.1 Å². The Morgan fingerprint density at radius 2 is 2.00 bits per heavy atom. The van der Waals surface area contributed by atoms with Crippen LogP contribution < -0.4 is 14.6 Å². The second kappa shape index (κ2) is 7.53. The number of phenolic OH excluding ortho intramolecular Hbond substituents is 1. The quantitative estimate of drug-likeness (QED) is 0.510. The molecule has 134 valence electrons. The molecule has 1 aliphatic rings. The molecule has 2 N–H and O–H groups in total. The minimum Gasteiger partial charge on any atom is -0.505 e. The Kier molecular flexibility index (Phi) is 5.18. The van der Waals surface area contributed by atoms with Crippen LogP contribution in [0.15, 0.2) is 58.1 Å². The Morgan fingerprint density at radius 1 is 1.19 bits per heavy atom. The number of hydrogen-bond acceptors (Lipinski definition) is 6. The number of phenols is 1. The van der Waals surface area contributed by atoms with Gasteiger partial charge in [-0.2, -0.15) is 4.57 Å². The summed E-state index contributed by atoms with van der Waals surface area (Å²) in [5.74, 6) is 0.747. The third-order valence-corrected chi connectivity index (χ3v) is 4.82. The monoisotopic (exact) mass is 369 g/mol. The van der Waals surface area contributed by atoms with E-state index in [1.807, 2.05) is 47.2 Å². The third kappa shape index (κ3) is 3.39. The van der Waals surface area contributed by atoms with Crippen molar-refractivity contribution in [1.29, 1.82) is 0 Å². The predicted molar refractivity (Wildman–Crippen MR) is 104 cm³/mol. The molecule has 0 atom stereocenters. The van der Waals surface area contributed by atoms with E-state index in [1.54, 1.807) is 12.1 Å². The van der Waals surface area contributed by atoms with Crippen molar-refractivity contribution in [3.05, 3.63) is 53.5 Å². The van der Waals surface area contributed by atoms with Crippen molar-refractivity contribution in [3.8, 4) is 17.2 Å². The fraction of sp³-hybridized carbons (Fsp3) is 0.211. The fourth-order valence-corrected chi connectivity index (χ4v) is 3.52. The molecule has 26 heavy (non-hydrogen) atoms. The van der Waals surface area contributed by atoms with Gasteiger partial charge in [-0.05, 0) is 35.5 Å². The first-order chi connectivity index (χ1) is 12.2. The van der Waals surface area contributed by atoms with Crippen LogP contribution in [-0.4, -0.2) is 18.3 Å². The lowest BCUT2D eigenvalue weighted by Gasteiger charge is -2.19. The molecule has 2 heterocycles. The van der Waals surface area contributed by atoms with E-state index in [1.165, 1.54) is 11.3 Å². The minimum atomic E-state index is 0. The first-order valence-corrected chi connectivity index (χ1v) is 8.81. The first-order valence-electron chi connectivity index (χ1n) is 7.93. The maximum absolute atomic E-state index is 10.2. The van der Waals surface area contributed by atoms with Gasteiger partial charge in [-0.25, -0.2) is 0 Å². The molecule has 0 amide bonds. The van der Waals surface area contributed by atoms with Crippen LogP contribution in [0.2, 0.25) is 0 Å². The van der Waals surface area contributed by atoms with Gasteiger partial charge in [-0.1, -0.05) is 25.6 Å². The van der Waals surface area contributed by atoms with Crippen molar-refractivity contribution < 1.29 is 14.4 Å². The van der Waals surface area contributed by atoms with Crippen molar-refractivity contribution in [3.63, 3.8) is 0 Å². The third-order valence-electron chi connectivity index (χ3n) is 3.89. The predicted octanol–water partition coefficient (Wildman–Crippen LogP) is 4.89. The lowest BCUT2D eigenvalue weighted by atomic mass is 10.2. The highest BCUT2D eigenvalue weighted by atomic mass is 32.1. The summed E-state index contributed by atoms with van der Waals surface area (Å²) in [6.07, 6.45) is 0. The molecule has 0 spiro atoms. The zero-order valence-electron chi connectivity index (χ0n) is 13.6. The van der Waals surface area contributed by atoms with E-state index in [0.717, 1.165) is 28.7 Å². The summed E-state index contributed by atoms with van der Waals surface area (Å²) in [6.45, 7) is 3.34. The van der Waals surface area contributed by atoms with E-state index in [-0.39, 0.29) is 13.2 Å². The van der Waals surface area contributed by atoms with Crippen LogP contribution in [0.4, 0.5) is 16.5 Å². The number of fused-ring (bicyclic) bond motifs is 1. The minimum absolute atomic E-state index is 0. The fourth-order valence-electron chi connectivity index (χ4n) is 2.69. The van der Waals surface area contributed by atoms with E-state index in [4.69, 9.17) is 4.74 Å². The largest absolute Gasteiger partial charge is 0.505 e. The standard InChI is InChI=1S/C18H16N4O2S.CH4/c1-12-11-25-18(22(12)13-5-3-2-4-6-13)21-20-14-10-17-15(9-16(14)23)19-7-8-24-17;/h2-6,9-11H,7-8H2,1H3,(H,19,23);1H4/p+1. The molecule has 0 unspecified atom stereocenters. The van der Waals surface area contributed by atoms with E-state index in [9.17, 15) is 5.11 Å². The normalized spacial score (nSPS) is 12.8. The molecule has 1 aliphatic heterocycles. The molecule has 2 aromatic carbocycles. The van der Waals surface area contributed by atoms with Crippen molar-refractivity contribution in [2.75, 3.05) is 18.5 Å². The van der Waals surface area contributed by atoms with Crippen LogP contribution in [0.3, 0.4) is 0 Å². The van der Waals surface area contributed by atoms with Gasteiger partial charge in [0.15, 0.2) is 5.69 Å². The SMILES string of the molecule is C.Cc1csc(N=Nc2cc3c(cc2O)NCCO3)[n+]1-c1ccccc1. The van der Waals surface area contributed by atoms with E-state index in [2.05, 4.69) is 15.5 Å². The van der Waals surface area contributed by atoms with Gasteiger partial charge in [0.1, 0.15) is 29.5 Å². The molecular weight excluding hydrogens is 348 g/mol. The number of benzene rings is 2. The summed E-state index contributed by atoms with van der Waals surface area (Å²) in [7, 11) is 0. The number of nitrogens with zero attached hydrogens (tertiary/aromatic N) is 3. The second-order valence-corrected chi connectivity index (χ2v) is 6.48. The molecule has 0 fully saturated rings. The van der Waals surface area contributed by atoms with Gasteiger partial charge < -0.3 is 15.2 Å². The molecule has 0 saturated heterocycles. The number of aryl methyl sites for hydroxylation is 1. The Labute approximate surface area is 156 Å². The summed E-state index contributed by atoms with van der Waals surface area (Å²) in [6, 6.07) is 13.3. The number of nitrogens with one attached hydrogen (secondary N) is 1. The molecule has 7 heteroatoms. The van der Waals surface area contributed by atoms with Gasteiger partial charge in [0, 0.05) is 24.1 Å². The van der Waals surface area contributed by atoms with Gasteiger partial charge >= 0.3 is 5.13 Å². The Hall–Kier alpha value is -2.93. The summed E-state index contributed by atoms with van der Waals surface area (Å²) < 4.78 is 7.62. The lowest BCUT2D eigenvalue weighted by molar-refractivity contribution is -0.584. The van der Waals surface area contributed by atoms with Crippen LogP contribution in [0.1, 0.15) is 13.1 Å². The average Bonchev–Trinajstić information content (AvgIpc) is 3.01. The number of thiazole rings is 1. The first kappa shape index (κ1) is 17.9. The molecule has 0 bridgehead atoms. The second-order valence-electron chi connectivity index (χ2n) is 5.64. The van der Waals surface area contributed by atoms with Gasteiger partial charge in [0.05, 0.1) is 10.8 Å². The maximum Gasteiger partial charge on any atom is 0.413 e. The molecule has 0 saturated carbocycles. The molecule has 3 aromatic rings. The molecule has 6 nitrogen and oxygen atoms in total. The molecule has 0 aliphatic carbocycles. The molecular formula is C19H21N4O2S+. The number of aromatic hydroxyl groups is 1. The summed E-state index contributed by atoms with van der Waals surface area (Å²) in [5.41, 5.74) is 3.26. The summed E-state index contributed by atoms with van der Waals surface area (Å²) in [5, 5.41) is 24.7.